The maximum atomic E-state index is 13.5. The van der Waals surface area contributed by atoms with Gasteiger partial charge in [-0.3, -0.25) is 14.4 Å². The second-order valence-corrected chi connectivity index (χ2v) is 8.86. The van der Waals surface area contributed by atoms with Crippen molar-refractivity contribution in [3.05, 3.63) is 35.7 Å². The minimum Gasteiger partial charge on any atom is -0.492 e. The molecule has 9 heteroatoms. The maximum absolute atomic E-state index is 13.5. The number of anilines is 1. The minimum atomic E-state index is -0.117. The fourth-order valence-corrected chi connectivity index (χ4v) is 4.39. The Hall–Kier alpha value is -2.16. The van der Waals surface area contributed by atoms with E-state index in [1.807, 2.05) is 56.9 Å². The van der Waals surface area contributed by atoms with Crippen LogP contribution in [0.15, 0.2) is 24.3 Å². The van der Waals surface area contributed by atoms with Gasteiger partial charge in [-0.25, -0.2) is 4.98 Å². The highest BCUT2D eigenvalue weighted by atomic mass is 35.5. The summed E-state index contributed by atoms with van der Waals surface area (Å²) in [6, 6.07) is 7.95. The summed E-state index contributed by atoms with van der Waals surface area (Å²) in [4.78, 5) is 22.1. The molecule has 31 heavy (non-hydrogen) atoms. The Kier molecular flexibility index (Phi) is 8.85. The van der Waals surface area contributed by atoms with E-state index in [2.05, 4.69) is 23.8 Å². The first-order valence-corrected chi connectivity index (χ1v) is 11.2. The number of thiazole rings is 1. The van der Waals surface area contributed by atoms with Gasteiger partial charge in [-0.05, 0) is 73.0 Å². The van der Waals surface area contributed by atoms with Gasteiger partial charge < -0.3 is 9.64 Å². The normalized spacial score (nSPS) is 11.2. The number of hydrogen-bond donors (Lipinski definition) is 0. The van der Waals surface area contributed by atoms with Crippen LogP contribution in [0.2, 0.25) is 0 Å². The van der Waals surface area contributed by atoms with Crippen LogP contribution in [0, 0.1) is 6.92 Å². The molecule has 0 aliphatic carbocycles. The summed E-state index contributed by atoms with van der Waals surface area (Å²) in [6.45, 7) is 10.1. The molecule has 1 aromatic carbocycles. The lowest BCUT2D eigenvalue weighted by molar-refractivity contribution is 0.0980. The van der Waals surface area contributed by atoms with Crippen LogP contribution in [0.4, 0.5) is 5.13 Å². The highest BCUT2D eigenvalue weighted by Crippen LogP contribution is 2.35. The van der Waals surface area contributed by atoms with Crippen LogP contribution < -0.4 is 9.64 Å². The monoisotopic (exact) mass is 465 g/mol. The first-order chi connectivity index (χ1) is 14.3. The Morgan fingerprint density at radius 2 is 2.00 bits per heavy atom. The number of fused-ring (bicyclic) bond motifs is 1. The number of aromatic nitrogens is 3. The Labute approximate surface area is 194 Å². The molecule has 3 aromatic rings. The lowest BCUT2D eigenvalue weighted by Crippen LogP contribution is -2.33. The van der Waals surface area contributed by atoms with Crippen molar-refractivity contribution in [1.29, 1.82) is 0 Å². The highest BCUT2D eigenvalue weighted by Gasteiger charge is 2.25. The van der Waals surface area contributed by atoms with Gasteiger partial charge >= 0.3 is 0 Å². The molecule has 0 N–H and O–H groups in total. The van der Waals surface area contributed by atoms with E-state index >= 15 is 0 Å². The topological polar surface area (TPSA) is 63.5 Å². The molecule has 2 heterocycles. The zero-order chi connectivity index (χ0) is 21.8. The van der Waals surface area contributed by atoms with Crippen molar-refractivity contribution in [1.82, 2.24) is 19.7 Å². The third-order valence-electron chi connectivity index (χ3n) is 4.76. The van der Waals surface area contributed by atoms with Crippen LogP contribution in [0.3, 0.4) is 0 Å². The van der Waals surface area contributed by atoms with Gasteiger partial charge in [0.15, 0.2) is 10.8 Å². The van der Waals surface area contributed by atoms with Gasteiger partial charge in [-0.2, -0.15) is 5.10 Å². The number of aryl methyl sites for hydroxylation is 1. The van der Waals surface area contributed by atoms with Gasteiger partial charge in [0.1, 0.15) is 11.3 Å². The number of halogens is 1. The summed E-state index contributed by atoms with van der Waals surface area (Å²) in [6.07, 6.45) is 0.844. The van der Waals surface area contributed by atoms with Crippen molar-refractivity contribution in [2.45, 2.75) is 40.2 Å². The molecular formula is C22H32ClN5O2S. The molecule has 7 nitrogen and oxygen atoms in total. The number of para-hydroxylation sites is 1. The van der Waals surface area contributed by atoms with Gasteiger partial charge in [0.25, 0.3) is 5.91 Å². The van der Waals surface area contributed by atoms with Crippen LogP contribution in [0.5, 0.6) is 5.75 Å². The zero-order valence-corrected chi connectivity index (χ0v) is 20.7. The number of carbonyl (C=O) groups excluding carboxylic acids is 1. The van der Waals surface area contributed by atoms with Crippen molar-refractivity contribution < 1.29 is 9.53 Å². The molecule has 0 radical (unpaired) electrons. The summed E-state index contributed by atoms with van der Waals surface area (Å²) >= 11 is 1.51. The Morgan fingerprint density at radius 3 is 2.61 bits per heavy atom. The SMILES string of the molecule is CCOc1cccc2sc(N(CCCN(C)C)C(=O)c3cc(C)n(C(C)C)n3)nc12.Cl. The Balaban J connectivity index is 0.00000341. The van der Waals surface area contributed by atoms with E-state index in [0.29, 0.717) is 24.0 Å². The summed E-state index contributed by atoms with van der Waals surface area (Å²) in [7, 11) is 4.07. The summed E-state index contributed by atoms with van der Waals surface area (Å²) in [5.41, 5.74) is 2.23. The Bertz CT molecular complexity index is 1010. The van der Waals surface area contributed by atoms with E-state index < -0.39 is 0 Å². The van der Waals surface area contributed by atoms with Crippen molar-refractivity contribution in [3.63, 3.8) is 0 Å². The molecule has 0 atom stereocenters. The smallest absolute Gasteiger partial charge is 0.280 e. The molecular weight excluding hydrogens is 434 g/mol. The predicted molar refractivity (Wildman–Crippen MR) is 130 cm³/mol. The lowest BCUT2D eigenvalue weighted by atomic mass is 10.3. The third-order valence-corrected chi connectivity index (χ3v) is 5.81. The third kappa shape index (κ3) is 5.75. The molecule has 0 aliphatic heterocycles. The summed E-state index contributed by atoms with van der Waals surface area (Å²) < 4.78 is 8.62. The van der Waals surface area contributed by atoms with Gasteiger partial charge in [0.2, 0.25) is 0 Å². The molecule has 1 amide bonds. The van der Waals surface area contributed by atoms with E-state index in [0.717, 1.165) is 34.6 Å². The Morgan fingerprint density at radius 1 is 1.26 bits per heavy atom. The minimum absolute atomic E-state index is 0. The largest absolute Gasteiger partial charge is 0.492 e. The van der Waals surface area contributed by atoms with Gasteiger partial charge in [-0.1, -0.05) is 17.4 Å². The molecule has 0 spiro atoms. The number of amides is 1. The number of nitrogens with zero attached hydrogens (tertiary/aromatic N) is 5. The van der Waals surface area contributed by atoms with Crippen molar-refractivity contribution in [3.8, 4) is 5.75 Å². The standard InChI is InChI=1S/C22H31N5O2S.ClH/c1-7-29-18-10-8-11-19-20(18)23-22(30-19)26(13-9-12-25(5)6)21(28)17-14-16(4)27(24-17)15(2)3;/h8,10-11,14-15H,7,9,12-13H2,1-6H3;1H. The molecule has 2 aromatic heterocycles. The number of hydrogen-bond acceptors (Lipinski definition) is 6. The molecule has 0 bridgehead atoms. The molecule has 0 unspecified atom stereocenters. The molecule has 3 rings (SSSR count). The number of ether oxygens (including phenoxy) is 1. The molecule has 0 aliphatic rings. The van der Waals surface area contributed by atoms with Gasteiger partial charge in [0.05, 0.1) is 11.3 Å². The van der Waals surface area contributed by atoms with Crippen LogP contribution >= 0.6 is 23.7 Å². The molecule has 0 saturated carbocycles. The van der Waals surface area contributed by atoms with Crippen LogP contribution in [-0.4, -0.2) is 59.4 Å². The van der Waals surface area contributed by atoms with E-state index in [9.17, 15) is 4.79 Å². The quantitative estimate of drug-likeness (QED) is 0.454. The van der Waals surface area contributed by atoms with Crippen LogP contribution in [0.25, 0.3) is 10.2 Å². The first kappa shape index (κ1) is 25.1. The lowest BCUT2D eigenvalue weighted by Gasteiger charge is -2.20. The van der Waals surface area contributed by atoms with Crippen molar-refractivity contribution in [2.24, 2.45) is 0 Å². The van der Waals surface area contributed by atoms with Crippen LogP contribution in [0.1, 0.15) is 49.4 Å². The fraction of sp³-hybridized carbons (Fsp3) is 0.500. The highest BCUT2D eigenvalue weighted by molar-refractivity contribution is 7.22. The second kappa shape index (κ2) is 10.9. The maximum Gasteiger partial charge on any atom is 0.280 e. The van der Waals surface area contributed by atoms with Crippen molar-refractivity contribution >= 4 is 45.0 Å². The second-order valence-electron chi connectivity index (χ2n) is 7.86. The summed E-state index contributed by atoms with van der Waals surface area (Å²) in [5.74, 6) is 0.631. The van der Waals surface area contributed by atoms with Crippen LogP contribution in [-0.2, 0) is 0 Å². The van der Waals surface area contributed by atoms with E-state index in [1.54, 1.807) is 4.90 Å². The zero-order valence-electron chi connectivity index (χ0n) is 19.1. The summed E-state index contributed by atoms with van der Waals surface area (Å²) in [5, 5.41) is 5.25. The predicted octanol–water partition coefficient (Wildman–Crippen LogP) is 4.80. The number of carbonyl (C=O) groups is 1. The van der Waals surface area contributed by atoms with E-state index in [-0.39, 0.29) is 24.4 Å². The van der Waals surface area contributed by atoms with Gasteiger partial charge in [-0.15, -0.1) is 12.4 Å². The number of rotatable bonds is 9. The van der Waals surface area contributed by atoms with Crippen molar-refractivity contribution in [2.75, 3.05) is 38.7 Å². The average molecular weight is 466 g/mol. The number of benzene rings is 1. The fourth-order valence-electron chi connectivity index (χ4n) is 3.38. The van der Waals surface area contributed by atoms with E-state index in [4.69, 9.17) is 9.72 Å². The average Bonchev–Trinajstić information content (AvgIpc) is 3.29. The van der Waals surface area contributed by atoms with Gasteiger partial charge in [0, 0.05) is 18.3 Å². The van der Waals surface area contributed by atoms with E-state index in [1.165, 1.54) is 11.3 Å². The molecule has 0 fully saturated rings. The first-order valence-electron chi connectivity index (χ1n) is 10.4. The molecule has 170 valence electrons. The molecule has 0 saturated heterocycles.